The van der Waals surface area contributed by atoms with Gasteiger partial charge in [0.2, 0.25) is 0 Å². The van der Waals surface area contributed by atoms with Crippen LogP contribution in [0.4, 0.5) is 0 Å². The number of hydrogen-bond acceptors (Lipinski definition) is 3. The molecule has 0 heterocycles. The molecule has 0 spiro atoms. The van der Waals surface area contributed by atoms with E-state index >= 15 is 0 Å². The lowest BCUT2D eigenvalue weighted by molar-refractivity contribution is 0.984. The molecule has 84 valence electrons. The number of nitrogens with two attached hydrogens (primary N) is 1. The van der Waals surface area contributed by atoms with Crippen LogP contribution in [0, 0.1) is 0 Å². The zero-order valence-electron chi connectivity index (χ0n) is 9.66. The summed E-state index contributed by atoms with van der Waals surface area (Å²) in [5, 5.41) is 0. The van der Waals surface area contributed by atoms with Crippen LogP contribution in [-0.4, -0.2) is 19.5 Å². The number of rotatable bonds is 3. The van der Waals surface area contributed by atoms with E-state index in [0.717, 1.165) is 29.7 Å². The van der Waals surface area contributed by atoms with Crippen molar-refractivity contribution in [3.8, 4) is 0 Å². The van der Waals surface area contributed by atoms with E-state index in [1.54, 1.807) is 13.1 Å². The summed E-state index contributed by atoms with van der Waals surface area (Å²) < 4.78 is 0. The topological polar surface area (TPSA) is 50.7 Å². The Balaban J connectivity index is 3.24. The third kappa shape index (κ3) is 2.37. The minimum absolute atomic E-state index is 0.634. The predicted molar refractivity (Wildman–Crippen MR) is 70.8 cm³/mol. The first-order valence-corrected chi connectivity index (χ1v) is 5.08. The lowest BCUT2D eigenvalue weighted by Crippen LogP contribution is -2.13. The van der Waals surface area contributed by atoms with Crippen molar-refractivity contribution >= 4 is 12.4 Å². The zero-order valence-corrected chi connectivity index (χ0v) is 9.66. The second-order valence-corrected chi connectivity index (χ2v) is 3.52. The van der Waals surface area contributed by atoms with Gasteiger partial charge in [0.05, 0.1) is 5.70 Å². The summed E-state index contributed by atoms with van der Waals surface area (Å²) >= 11 is 0. The van der Waals surface area contributed by atoms with Crippen LogP contribution >= 0.6 is 0 Å². The fourth-order valence-corrected chi connectivity index (χ4v) is 1.64. The highest BCUT2D eigenvalue weighted by Crippen LogP contribution is 2.26. The van der Waals surface area contributed by atoms with Gasteiger partial charge in [-0.05, 0) is 37.3 Å². The second-order valence-electron chi connectivity index (χ2n) is 3.52. The van der Waals surface area contributed by atoms with E-state index in [2.05, 4.69) is 29.9 Å². The van der Waals surface area contributed by atoms with Gasteiger partial charge in [0.1, 0.15) is 0 Å². The molecule has 1 aliphatic rings. The van der Waals surface area contributed by atoms with Gasteiger partial charge in [-0.3, -0.25) is 9.98 Å². The van der Waals surface area contributed by atoms with E-state index < -0.39 is 0 Å². The summed E-state index contributed by atoms with van der Waals surface area (Å²) in [4.78, 5) is 8.07. The zero-order chi connectivity index (χ0) is 12.1. The van der Waals surface area contributed by atoms with Gasteiger partial charge in [-0.25, -0.2) is 0 Å². The Morgan fingerprint density at radius 2 is 2.19 bits per heavy atom. The van der Waals surface area contributed by atoms with Gasteiger partial charge in [0.25, 0.3) is 0 Å². The molecule has 0 aromatic carbocycles. The van der Waals surface area contributed by atoms with E-state index in [4.69, 9.17) is 5.73 Å². The van der Waals surface area contributed by atoms with Crippen LogP contribution in [-0.2, 0) is 0 Å². The van der Waals surface area contributed by atoms with Crippen LogP contribution in [0.1, 0.15) is 12.8 Å². The molecule has 0 amide bonds. The van der Waals surface area contributed by atoms with Gasteiger partial charge >= 0.3 is 0 Å². The predicted octanol–water partition coefficient (Wildman–Crippen LogP) is 2.39. The van der Waals surface area contributed by atoms with Gasteiger partial charge in [0.15, 0.2) is 0 Å². The maximum Gasteiger partial charge on any atom is 0.0582 e. The maximum absolute atomic E-state index is 5.88. The monoisotopic (exact) mass is 215 g/mol. The average molecular weight is 215 g/mol. The molecule has 3 nitrogen and oxygen atoms in total. The largest absolute Gasteiger partial charge is 0.398 e. The molecule has 0 aromatic heterocycles. The van der Waals surface area contributed by atoms with E-state index in [9.17, 15) is 0 Å². The SMILES string of the molecule is C=C/C(N)=C1/C=C(C(=C)N=C)CCC1=NC. The van der Waals surface area contributed by atoms with Crippen molar-refractivity contribution < 1.29 is 0 Å². The Kier molecular flexibility index (Phi) is 4.00. The second kappa shape index (κ2) is 5.26. The Morgan fingerprint density at radius 3 is 2.69 bits per heavy atom. The molecule has 0 aromatic rings. The number of hydrogen-bond donors (Lipinski definition) is 1. The molecule has 0 atom stereocenters. The van der Waals surface area contributed by atoms with Crippen molar-refractivity contribution in [1.82, 2.24) is 0 Å². The Labute approximate surface area is 96.5 Å². The highest BCUT2D eigenvalue weighted by molar-refractivity contribution is 6.04. The van der Waals surface area contributed by atoms with E-state index in [1.807, 2.05) is 6.08 Å². The first-order chi connectivity index (χ1) is 7.63. The smallest absolute Gasteiger partial charge is 0.0582 e. The Morgan fingerprint density at radius 1 is 1.50 bits per heavy atom. The molecule has 0 aliphatic heterocycles. The minimum Gasteiger partial charge on any atom is -0.398 e. The Bertz CT molecular complexity index is 422. The summed E-state index contributed by atoms with van der Waals surface area (Å²) in [6.07, 6.45) is 5.32. The minimum atomic E-state index is 0.634. The van der Waals surface area contributed by atoms with Crippen LogP contribution in [0.25, 0.3) is 0 Å². The molecule has 1 aliphatic carbocycles. The summed E-state index contributed by atoms with van der Waals surface area (Å²) in [5.74, 6) is 0. The summed E-state index contributed by atoms with van der Waals surface area (Å²) in [6.45, 7) is 11.0. The van der Waals surface area contributed by atoms with Crippen LogP contribution < -0.4 is 5.73 Å². The van der Waals surface area contributed by atoms with Crippen LogP contribution in [0.5, 0.6) is 0 Å². The molecular weight excluding hydrogens is 198 g/mol. The lowest BCUT2D eigenvalue weighted by Gasteiger charge is -2.18. The summed E-state index contributed by atoms with van der Waals surface area (Å²) in [7, 11) is 1.77. The number of aliphatic imine (C=N–C) groups is 2. The van der Waals surface area contributed by atoms with Gasteiger partial charge in [0, 0.05) is 24.0 Å². The summed E-state index contributed by atoms with van der Waals surface area (Å²) in [6, 6.07) is 0. The van der Waals surface area contributed by atoms with Crippen LogP contribution in [0.2, 0.25) is 0 Å². The molecule has 16 heavy (non-hydrogen) atoms. The first-order valence-electron chi connectivity index (χ1n) is 5.08. The van der Waals surface area contributed by atoms with Gasteiger partial charge in [-0.1, -0.05) is 13.2 Å². The molecule has 0 saturated carbocycles. The van der Waals surface area contributed by atoms with Crippen LogP contribution in [0.15, 0.2) is 57.8 Å². The standard InChI is InChI=1S/C13H17N3/c1-5-12(14)11-8-10(9(2)15-3)6-7-13(11)16-4/h5,8H,1-3,6-7,14H2,4H3/b12-11+,16-13?. The van der Waals surface area contributed by atoms with E-state index in [1.165, 1.54) is 0 Å². The van der Waals surface area contributed by atoms with Crippen molar-refractivity contribution in [3.05, 3.63) is 47.9 Å². The number of allylic oxidation sites excluding steroid dienone is 4. The third-order valence-electron chi connectivity index (χ3n) is 2.62. The van der Waals surface area contributed by atoms with Crippen LogP contribution in [0.3, 0.4) is 0 Å². The average Bonchev–Trinajstić information content (AvgIpc) is 2.35. The molecular formula is C13H17N3. The highest BCUT2D eigenvalue weighted by Gasteiger charge is 2.16. The molecule has 0 saturated heterocycles. The first kappa shape index (κ1) is 12.2. The molecule has 0 bridgehead atoms. The highest BCUT2D eigenvalue weighted by atomic mass is 14.7. The molecule has 1 rings (SSSR count). The quantitative estimate of drug-likeness (QED) is 0.722. The lowest BCUT2D eigenvalue weighted by atomic mass is 9.90. The van der Waals surface area contributed by atoms with Crippen molar-refractivity contribution in [2.75, 3.05) is 7.05 Å². The normalized spacial score (nSPS) is 21.3. The van der Waals surface area contributed by atoms with Gasteiger partial charge < -0.3 is 5.73 Å². The van der Waals surface area contributed by atoms with E-state index in [0.29, 0.717) is 11.4 Å². The fraction of sp³-hybridized carbons (Fsp3) is 0.231. The Hall–Kier alpha value is -1.90. The van der Waals surface area contributed by atoms with Gasteiger partial charge in [-0.15, -0.1) is 0 Å². The van der Waals surface area contributed by atoms with Crippen molar-refractivity contribution in [2.24, 2.45) is 15.7 Å². The molecule has 3 heteroatoms. The molecule has 2 N–H and O–H groups in total. The molecule has 0 unspecified atom stereocenters. The molecule has 0 fully saturated rings. The van der Waals surface area contributed by atoms with Crippen molar-refractivity contribution in [2.45, 2.75) is 12.8 Å². The fourth-order valence-electron chi connectivity index (χ4n) is 1.64. The summed E-state index contributed by atoms with van der Waals surface area (Å²) in [5.41, 5.74) is 10.2. The van der Waals surface area contributed by atoms with Gasteiger partial charge in [-0.2, -0.15) is 0 Å². The van der Waals surface area contributed by atoms with Crippen molar-refractivity contribution in [3.63, 3.8) is 0 Å². The number of nitrogens with zero attached hydrogens (tertiary/aromatic N) is 2. The molecule has 0 radical (unpaired) electrons. The van der Waals surface area contributed by atoms with E-state index in [-0.39, 0.29) is 0 Å². The van der Waals surface area contributed by atoms with Crippen molar-refractivity contribution in [1.29, 1.82) is 0 Å². The maximum atomic E-state index is 5.88. The third-order valence-corrected chi connectivity index (χ3v) is 2.62.